The van der Waals surface area contributed by atoms with Gasteiger partial charge in [-0.2, -0.15) is 0 Å². The monoisotopic (exact) mass is 186 g/mol. The van der Waals surface area contributed by atoms with E-state index in [1.165, 1.54) is 0 Å². The van der Waals surface area contributed by atoms with Crippen molar-refractivity contribution in [2.24, 2.45) is 5.41 Å². The summed E-state index contributed by atoms with van der Waals surface area (Å²) in [5.41, 5.74) is -0.0123. The van der Waals surface area contributed by atoms with Gasteiger partial charge in [-0.1, -0.05) is 20.8 Å². The van der Waals surface area contributed by atoms with Crippen molar-refractivity contribution in [1.82, 2.24) is 0 Å². The third-order valence-corrected chi connectivity index (χ3v) is 2.09. The van der Waals surface area contributed by atoms with Crippen LogP contribution in [0.25, 0.3) is 0 Å². The van der Waals surface area contributed by atoms with E-state index >= 15 is 0 Å². The van der Waals surface area contributed by atoms with E-state index in [1.807, 2.05) is 0 Å². The van der Waals surface area contributed by atoms with Gasteiger partial charge in [0.15, 0.2) is 6.29 Å². The predicted molar refractivity (Wildman–Crippen MR) is 49.4 cm³/mol. The van der Waals surface area contributed by atoms with Crippen LogP contribution < -0.4 is 0 Å². The zero-order valence-electron chi connectivity index (χ0n) is 8.58. The maximum absolute atomic E-state index is 10.3. The van der Waals surface area contributed by atoms with Crippen molar-refractivity contribution in [1.29, 1.82) is 0 Å². The van der Waals surface area contributed by atoms with Crippen LogP contribution in [-0.4, -0.2) is 25.3 Å². The summed E-state index contributed by atoms with van der Waals surface area (Å²) in [7, 11) is 0. The number of carbonyl (C=O) groups is 1. The second-order valence-corrected chi connectivity index (χ2v) is 4.52. The third-order valence-electron chi connectivity index (χ3n) is 2.09. The van der Waals surface area contributed by atoms with Gasteiger partial charge in [0, 0.05) is 11.8 Å². The topological polar surface area (TPSA) is 35.5 Å². The summed E-state index contributed by atoms with van der Waals surface area (Å²) in [6.07, 6.45) is 2.10. The first kappa shape index (κ1) is 10.7. The van der Waals surface area contributed by atoms with Crippen LogP contribution in [0.3, 0.4) is 0 Å². The van der Waals surface area contributed by atoms with Crippen LogP contribution in [0.1, 0.15) is 33.6 Å². The fraction of sp³-hybridized carbons (Fsp3) is 0.900. The van der Waals surface area contributed by atoms with Gasteiger partial charge in [-0.05, 0) is 6.42 Å². The number of carbonyl (C=O) groups excluding carboxylic acids is 1. The summed E-state index contributed by atoms with van der Waals surface area (Å²) in [6, 6.07) is 0. The highest BCUT2D eigenvalue weighted by atomic mass is 16.7. The average Bonchev–Trinajstić information content (AvgIpc) is 2.04. The normalized spacial score (nSPS) is 30.1. The highest BCUT2D eigenvalue weighted by Gasteiger charge is 2.32. The van der Waals surface area contributed by atoms with E-state index < -0.39 is 0 Å². The molecule has 1 saturated heterocycles. The third kappa shape index (κ3) is 3.08. The largest absolute Gasteiger partial charge is 0.352 e. The molecule has 3 nitrogen and oxygen atoms in total. The number of hydrogen-bond donors (Lipinski definition) is 0. The summed E-state index contributed by atoms with van der Waals surface area (Å²) in [5.74, 6) is 0. The lowest BCUT2D eigenvalue weighted by molar-refractivity contribution is -0.252. The molecule has 0 spiro atoms. The Morgan fingerprint density at radius 2 is 2.15 bits per heavy atom. The highest BCUT2D eigenvalue weighted by molar-refractivity contribution is 5.50. The molecule has 0 aromatic carbocycles. The lowest BCUT2D eigenvalue weighted by atomic mass is 9.95. The summed E-state index contributed by atoms with van der Waals surface area (Å²) < 4.78 is 11.1. The molecule has 1 aliphatic rings. The fourth-order valence-corrected chi connectivity index (χ4v) is 1.32. The molecule has 0 aromatic heterocycles. The van der Waals surface area contributed by atoms with Gasteiger partial charge in [-0.3, -0.25) is 0 Å². The van der Waals surface area contributed by atoms with Crippen molar-refractivity contribution in [3.8, 4) is 0 Å². The minimum atomic E-state index is -0.175. The summed E-state index contributed by atoms with van der Waals surface area (Å²) in [4.78, 5) is 10.3. The van der Waals surface area contributed by atoms with Gasteiger partial charge in [0.2, 0.25) is 0 Å². The van der Waals surface area contributed by atoms with E-state index in [2.05, 4.69) is 20.8 Å². The Hall–Kier alpha value is -0.410. The molecule has 76 valence electrons. The molecule has 0 aromatic rings. The van der Waals surface area contributed by atoms with E-state index in [0.717, 1.165) is 12.7 Å². The van der Waals surface area contributed by atoms with Gasteiger partial charge in [0.05, 0.1) is 12.7 Å². The molecule has 1 heterocycles. The molecule has 0 aliphatic carbocycles. The minimum absolute atomic E-state index is 0.0123. The minimum Gasteiger partial charge on any atom is -0.352 e. The van der Waals surface area contributed by atoms with Crippen LogP contribution in [0, 0.1) is 5.41 Å². The fourth-order valence-electron chi connectivity index (χ4n) is 1.32. The van der Waals surface area contributed by atoms with Crippen LogP contribution in [0.4, 0.5) is 0 Å². The maximum atomic E-state index is 10.3. The molecule has 0 amide bonds. The molecule has 2 unspecified atom stereocenters. The first-order chi connectivity index (χ1) is 6.04. The van der Waals surface area contributed by atoms with E-state index in [-0.39, 0.29) is 17.8 Å². The van der Waals surface area contributed by atoms with Crippen molar-refractivity contribution in [2.75, 3.05) is 6.61 Å². The molecule has 0 bridgehead atoms. The number of aldehydes is 1. The van der Waals surface area contributed by atoms with Crippen molar-refractivity contribution in [3.63, 3.8) is 0 Å². The van der Waals surface area contributed by atoms with Gasteiger partial charge in [-0.25, -0.2) is 0 Å². The Kier molecular flexibility index (Phi) is 3.45. The molecule has 13 heavy (non-hydrogen) atoms. The number of rotatable bonds is 2. The molecule has 2 atom stereocenters. The van der Waals surface area contributed by atoms with Crippen LogP contribution in [-0.2, 0) is 14.3 Å². The Morgan fingerprint density at radius 3 is 2.69 bits per heavy atom. The number of ether oxygens (including phenoxy) is 2. The second kappa shape index (κ2) is 4.20. The van der Waals surface area contributed by atoms with Crippen molar-refractivity contribution in [2.45, 2.75) is 46.0 Å². The molecule has 3 heteroatoms. The predicted octanol–water partition coefficient (Wildman–Crippen LogP) is 1.75. The van der Waals surface area contributed by atoms with E-state index in [0.29, 0.717) is 13.0 Å². The quantitative estimate of drug-likeness (QED) is 0.616. The Labute approximate surface area is 79.4 Å². The average molecular weight is 186 g/mol. The summed E-state index contributed by atoms with van der Waals surface area (Å²) in [5, 5.41) is 0. The van der Waals surface area contributed by atoms with Gasteiger partial charge in [0.25, 0.3) is 0 Å². The molecular formula is C10H18O3. The first-order valence-electron chi connectivity index (χ1n) is 4.74. The van der Waals surface area contributed by atoms with Crippen LogP contribution in [0.2, 0.25) is 0 Å². The van der Waals surface area contributed by atoms with Crippen LogP contribution in [0.5, 0.6) is 0 Å². The van der Waals surface area contributed by atoms with E-state index in [4.69, 9.17) is 9.47 Å². The Bertz CT molecular complexity index is 171. The maximum Gasteiger partial charge on any atom is 0.162 e. The van der Waals surface area contributed by atoms with Gasteiger partial charge < -0.3 is 14.3 Å². The zero-order valence-corrected chi connectivity index (χ0v) is 8.58. The molecule has 0 saturated carbocycles. The molecule has 1 aliphatic heterocycles. The SMILES string of the molecule is CC(C)(C)C1OCCC(CC=O)O1. The van der Waals surface area contributed by atoms with Crippen molar-refractivity contribution in [3.05, 3.63) is 0 Å². The molecular weight excluding hydrogens is 168 g/mol. The van der Waals surface area contributed by atoms with Gasteiger partial charge in [-0.15, -0.1) is 0 Å². The number of hydrogen-bond acceptors (Lipinski definition) is 3. The molecule has 0 radical (unpaired) electrons. The van der Waals surface area contributed by atoms with E-state index in [1.54, 1.807) is 0 Å². The smallest absolute Gasteiger partial charge is 0.162 e. The lowest BCUT2D eigenvalue weighted by Gasteiger charge is -2.37. The van der Waals surface area contributed by atoms with Gasteiger partial charge in [0.1, 0.15) is 6.29 Å². The van der Waals surface area contributed by atoms with Crippen LogP contribution in [0.15, 0.2) is 0 Å². The second-order valence-electron chi connectivity index (χ2n) is 4.52. The zero-order chi connectivity index (χ0) is 9.90. The first-order valence-corrected chi connectivity index (χ1v) is 4.74. The van der Waals surface area contributed by atoms with E-state index in [9.17, 15) is 4.79 Å². The Morgan fingerprint density at radius 1 is 1.46 bits per heavy atom. The molecule has 1 fully saturated rings. The summed E-state index contributed by atoms with van der Waals surface area (Å²) >= 11 is 0. The Balaban J connectivity index is 2.46. The molecule has 0 N–H and O–H groups in total. The summed E-state index contributed by atoms with van der Waals surface area (Å²) in [6.45, 7) is 6.91. The highest BCUT2D eigenvalue weighted by Crippen LogP contribution is 2.28. The van der Waals surface area contributed by atoms with Crippen molar-refractivity contribution < 1.29 is 14.3 Å². The standard InChI is InChI=1S/C10H18O3/c1-10(2,3)9-12-7-5-8(13-9)4-6-11/h6,8-9H,4-5,7H2,1-3H3. The van der Waals surface area contributed by atoms with Crippen molar-refractivity contribution >= 4 is 6.29 Å². The molecule has 1 rings (SSSR count). The van der Waals surface area contributed by atoms with Crippen LogP contribution >= 0.6 is 0 Å². The van der Waals surface area contributed by atoms with Gasteiger partial charge >= 0.3 is 0 Å². The lowest BCUT2D eigenvalue weighted by Crippen LogP contribution is -2.40.